The lowest BCUT2D eigenvalue weighted by atomic mass is 9.74. The van der Waals surface area contributed by atoms with Gasteiger partial charge in [-0.15, -0.1) is 0 Å². The Labute approximate surface area is 79.5 Å². The molecular weight excluding hydrogens is 160 g/mol. The average Bonchev–Trinajstić information content (AvgIpc) is 2.68. The second-order valence-corrected chi connectivity index (χ2v) is 4.23. The van der Waals surface area contributed by atoms with Crippen molar-refractivity contribution in [3.05, 3.63) is 36.5 Å². The molecule has 13 heavy (non-hydrogen) atoms. The van der Waals surface area contributed by atoms with E-state index in [9.17, 15) is 0 Å². The first kappa shape index (κ1) is 8.76. The number of hydrogen-bond acceptors (Lipinski definition) is 1. The molecule has 0 amide bonds. The minimum absolute atomic E-state index is 0.0994. The molecule has 0 heterocycles. The van der Waals surface area contributed by atoms with Gasteiger partial charge in [-0.1, -0.05) is 43.4 Å². The summed E-state index contributed by atoms with van der Waals surface area (Å²) in [5.74, 6) is 1.19. The smallest absolute Gasteiger partial charge is 0.0612 e. The van der Waals surface area contributed by atoms with Crippen molar-refractivity contribution in [2.75, 3.05) is 6.61 Å². The number of hydrogen-bond donors (Lipinski definition) is 1. The van der Waals surface area contributed by atoms with Crippen molar-refractivity contribution in [1.82, 2.24) is 0 Å². The van der Waals surface area contributed by atoms with Crippen LogP contribution in [0.3, 0.4) is 0 Å². The van der Waals surface area contributed by atoms with Crippen LogP contribution in [0.4, 0.5) is 0 Å². The molecule has 0 aromatic rings. The second-order valence-electron chi connectivity index (χ2n) is 4.23. The van der Waals surface area contributed by atoms with Gasteiger partial charge in [0.15, 0.2) is 0 Å². The highest BCUT2D eigenvalue weighted by molar-refractivity contribution is 5.37. The van der Waals surface area contributed by atoms with Crippen molar-refractivity contribution in [2.24, 2.45) is 17.3 Å². The summed E-state index contributed by atoms with van der Waals surface area (Å²) in [6.07, 6.45) is 9.72. The van der Waals surface area contributed by atoms with Crippen LogP contribution < -0.4 is 0 Å². The highest BCUT2D eigenvalue weighted by Gasteiger charge is 2.46. The Morgan fingerprint density at radius 1 is 1.69 bits per heavy atom. The van der Waals surface area contributed by atoms with Gasteiger partial charge in [-0.25, -0.2) is 0 Å². The first-order valence-corrected chi connectivity index (χ1v) is 4.84. The molecular formula is C12H16O. The number of rotatable bonds is 2. The van der Waals surface area contributed by atoms with Gasteiger partial charge in [0.05, 0.1) is 6.61 Å². The molecule has 0 radical (unpaired) electrons. The van der Waals surface area contributed by atoms with Crippen molar-refractivity contribution >= 4 is 0 Å². The maximum Gasteiger partial charge on any atom is 0.0612 e. The molecule has 2 rings (SSSR count). The third-order valence-electron chi connectivity index (χ3n) is 3.56. The lowest BCUT2D eigenvalue weighted by molar-refractivity contribution is 0.338. The van der Waals surface area contributed by atoms with Gasteiger partial charge in [0.1, 0.15) is 0 Å². The van der Waals surface area contributed by atoms with E-state index in [-0.39, 0.29) is 12.0 Å². The Morgan fingerprint density at radius 3 is 3.00 bits per heavy atom. The summed E-state index contributed by atoms with van der Waals surface area (Å²) in [5, 5.41) is 8.76. The Bertz CT molecular complexity index is 287. The molecule has 1 N–H and O–H groups in total. The van der Waals surface area contributed by atoms with E-state index in [4.69, 9.17) is 5.11 Å². The van der Waals surface area contributed by atoms with Gasteiger partial charge in [0, 0.05) is 5.41 Å². The fourth-order valence-electron chi connectivity index (χ4n) is 2.57. The van der Waals surface area contributed by atoms with Crippen molar-refractivity contribution < 1.29 is 5.11 Å². The third kappa shape index (κ3) is 1.11. The molecule has 1 saturated carbocycles. The molecule has 2 bridgehead atoms. The first-order chi connectivity index (χ1) is 6.18. The number of allylic oxidation sites excluding steroid dienone is 4. The van der Waals surface area contributed by atoms with E-state index in [1.165, 1.54) is 12.0 Å². The Kier molecular flexibility index (Phi) is 1.92. The van der Waals surface area contributed by atoms with Gasteiger partial charge in [0.25, 0.3) is 0 Å². The van der Waals surface area contributed by atoms with Gasteiger partial charge in [-0.05, 0) is 18.3 Å². The number of aliphatic hydroxyl groups excluding tert-OH is 1. The van der Waals surface area contributed by atoms with E-state index in [0.29, 0.717) is 11.8 Å². The maximum atomic E-state index is 8.76. The van der Waals surface area contributed by atoms with E-state index < -0.39 is 0 Å². The van der Waals surface area contributed by atoms with Crippen molar-refractivity contribution in [3.8, 4) is 0 Å². The predicted octanol–water partition coefficient (Wildman–Crippen LogP) is 2.30. The van der Waals surface area contributed by atoms with E-state index in [2.05, 4.69) is 31.7 Å². The Hall–Kier alpha value is -0.820. The molecule has 2 aliphatic rings. The Balaban J connectivity index is 2.28. The maximum absolute atomic E-state index is 8.76. The molecule has 1 nitrogen and oxygen atoms in total. The summed E-state index contributed by atoms with van der Waals surface area (Å²) >= 11 is 0. The van der Waals surface area contributed by atoms with Gasteiger partial charge in [-0.3, -0.25) is 0 Å². The van der Waals surface area contributed by atoms with E-state index in [1.54, 1.807) is 0 Å². The molecule has 0 aromatic carbocycles. The van der Waals surface area contributed by atoms with Gasteiger partial charge >= 0.3 is 0 Å². The summed E-state index contributed by atoms with van der Waals surface area (Å²) in [6.45, 7) is 6.51. The summed E-state index contributed by atoms with van der Waals surface area (Å²) < 4.78 is 0. The minimum atomic E-state index is 0.0994. The zero-order valence-corrected chi connectivity index (χ0v) is 8.03. The quantitative estimate of drug-likeness (QED) is 0.640. The third-order valence-corrected chi connectivity index (χ3v) is 3.56. The SMILES string of the molecule is C=C1[C@@H]2C=C[C@@H](C2)[C@@]1(C)/C=C/CO. The molecule has 0 aliphatic heterocycles. The van der Waals surface area contributed by atoms with E-state index >= 15 is 0 Å². The van der Waals surface area contributed by atoms with Crippen LogP contribution in [0.15, 0.2) is 36.5 Å². The van der Waals surface area contributed by atoms with Crippen LogP contribution in [-0.2, 0) is 0 Å². The zero-order chi connectivity index (χ0) is 9.47. The van der Waals surface area contributed by atoms with Crippen LogP contribution in [0, 0.1) is 17.3 Å². The molecule has 70 valence electrons. The van der Waals surface area contributed by atoms with Crippen LogP contribution >= 0.6 is 0 Å². The van der Waals surface area contributed by atoms with Crippen LogP contribution in [0.5, 0.6) is 0 Å². The van der Waals surface area contributed by atoms with Crippen LogP contribution in [0.1, 0.15) is 13.3 Å². The molecule has 0 saturated heterocycles. The summed E-state index contributed by atoms with van der Waals surface area (Å²) in [6, 6.07) is 0. The summed E-state index contributed by atoms with van der Waals surface area (Å²) in [7, 11) is 0. The lowest BCUT2D eigenvalue weighted by Gasteiger charge is -2.30. The van der Waals surface area contributed by atoms with E-state index in [1.807, 2.05) is 6.08 Å². The van der Waals surface area contributed by atoms with Crippen LogP contribution in [0.25, 0.3) is 0 Å². The zero-order valence-electron chi connectivity index (χ0n) is 8.03. The van der Waals surface area contributed by atoms with E-state index in [0.717, 1.165) is 0 Å². The monoisotopic (exact) mass is 176 g/mol. The molecule has 2 aliphatic carbocycles. The Morgan fingerprint density at radius 2 is 2.46 bits per heavy atom. The van der Waals surface area contributed by atoms with Gasteiger partial charge in [0.2, 0.25) is 0 Å². The molecule has 1 heteroatoms. The predicted molar refractivity (Wildman–Crippen MR) is 54.2 cm³/mol. The summed E-state index contributed by atoms with van der Waals surface area (Å²) in [4.78, 5) is 0. The van der Waals surface area contributed by atoms with Crippen molar-refractivity contribution in [3.63, 3.8) is 0 Å². The fourth-order valence-corrected chi connectivity index (χ4v) is 2.57. The fraction of sp³-hybridized carbons (Fsp3) is 0.500. The highest BCUT2D eigenvalue weighted by atomic mass is 16.2. The highest BCUT2D eigenvalue weighted by Crippen LogP contribution is 2.55. The average molecular weight is 176 g/mol. The molecule has 0 spiro atoms. The van der Waals surface area contributed by atoms with Crippen LogP contribution in [0.2, 0.25) is 0 Å². The minimum Gasteiger partial charge on any atom is -0.392 e. The number of aliphatic hydroxyl groups is 1. The largest absolute Gasteiger partial charge is 0.392 e. The topological polar surface area (TPSA) is 20.2 Å². The molecule has 1 fully saturated rings. The lowest BCUT2D eigenvalue weighted by Crippen LogP contribution is -2.21. The standard InChI is InChI=1S/C12H16O/c1-9-10-4-5-11(8-10)12(9,2)6-3-7-13/h3-6,10-11,13H,1,7-8H2,2H3/b6-3+/t10-,11+,12+/m1/s1. The number of fused-ring (bicyclic) bond motifs is 2. The normalized spacial score (nSPS) is 42.5. The molecule has 0 aromatic heterocycles. The first-order valence-electron chi connectivity index (χ1n) is 4.84. The molecule has 0 unspecified atom stereocenters. The second kappa shape index (κ2) is 2.85. The van der Waals surface area contributed by atoms with Crippen LogP contribution in [-0.4, -0.2) is 11.7 Å². The van der Waals surface area contributed by atoms with Gasteiger partial charge < -0.3 is 5.11 Å². The summed E-state index contributed by atoms with van der Waals surface area (Å²) in [5.41, 5.74) is 1.41. The van der Waals surface area contributed by atoms with Gasteiger partial charge in [-0.2, -0.15) is 0 Å². The van der Waals surface area contributed by atoms with Crippen molar-refractivity contribution in [2.45, 2.75) is 13.3 Å². The van der Waals surface area contributed by atoms with Crippen molar-refractivity contribution in [1.29, 1.82) is 0 Å². The molecule has 3 atom stereocenters.